The minimum absolute atomic E-state index is 0.739. The predicted molar refractivity (Wildman–Crippen MR) is 90.8 cm³/mol. The summed E-state index contributed by atoms with van der Waals surface area (Å²) < 4.78 is 0. The molecule has 1 saturated carbocycles. The Labute approximate surface area is 129 Å². The highest BCUT2D eigenvalue weighted by Crippen LogP contribution is 2.21. The van der Waals surface area contributed by atoms with Crippen LogP contribution < -0.4 is 10.2 Å². The van der Waals surface area contributed by atoms with Crippen LogP contribution in [0.5, 0.6) is 0 Å². The molecule has 0 radical (unpaired) electrons. The minimum atomic E-state index is 0.739. The van der Waals surface area contributed by atoms with E-state index in [-0.39, 0.29) is 0 Å². The molecule has 0 unspecified atom stereocenters. The van der Waals surface area contributed by atoms with Crippen molar-refractivity contribution in [2.24, 2.45) is 0 Å². The monoisotopic (exact) mass is 286 g/mol. The van der Waals surface area contributed by atoms with E-state index in [4.69, 9.17) is 0 Å². The van der Waals surface area contributed by atoms with E-state index in [1.165, 1.54) is 82.1 Å². The van der Waals surface area contributed by atoms with Crippen molar-refractivity contribution in [3.63, 3.8) is 0 Å². The lowest BCUT2D eigenvalue weighted by molar-refractivity contribution is 0.389. The van der Waals surface area contributed by atoms with Crippen molar-refractivity contribution in [2.75, 3.05) is 18.0 Å². The Morgan fingerprint density at radius 3 is 2.10 bits per heavy atom. The molecule has 1 aliphatic heterocycles. The average Bonchev–Trinajstić information content (AvgIpc) is 3.01. The highest BCUT2D eigenvalue weighted by molar-refractivity contribution is 5.48. The molecule has 1 aliphatic carbocycles. The molecule has 2 nitrogen and oxygen atoms in total. The van der Waals surface area contributed by atoms with Crippen LogP contribution in [-0.4, -0.2) is 19.1 Å². The van der Waals surface area contributed by atoms with E-state index in [1.807, 2.05) is 0 Å². The summed E-state index contributed by atoms with van der Waals surface area (Å²) in [6.07, 6.45) is 12.6. The summed E-state index contributed by atoms with van der Waals surface area (Å²) in [7, 11) is 0. The smallest absolute Gasteiger partial charge is 0.0366 e. The molecule has 0 atom stereocenters. The number of benzene rings is 1. The minimum Gasteiger partial charge on any atom is -0.372 e. The van der Waals surface area contributed by atoms with E-state index in [1.54, 1.807) is 0 Å². The normalized spacial score (nSPS) is 21.2. The number of hydrogen-bond acceptors (Lipinski definition) is 2. The lowest BCUT2D eigenvalue weighted by Gasteiger charge is -2.21. The molecule has 0 aromatic heterocycles. The van der Waals surface area contributed by atoms with Gasteiger partial charge in [0.2, 0.25) is 0 Å². The van der Waals surface area contributed by atoms with Gasteiger partial charge in [0.15, 0.2) is 0 Å². The molecule has 2 aliphatic rings. The number of rotatable bonds is 4. The standard InChI is InChI=1S/C19H30N2/c1-2-4-8-18(9-5-3-1)20-16-17-10-12-19(13-11-17)21-14-6-7-15-21/h10-13,18,20H,1-9,14-16H2. The van der Waals surface area contributed by atoms with Gasteiger partial charge in [0.25, 0.3) is 0 Å². The zero-order chi connectivity index (χ0) is 14.3. The van der Waals surface area contributed by atoms with Crippen LogP contribution in [-0.2, 0) is 6.54 Å². The van der Waals surface area contributed by atoms with Crippen molar-refractivity contribution in [1.29, 1.82) is 0 Å². The fourth-order valence-corrected chi connectivity index (χ4v) is 3.72. The summed E-state index contributed by atoms with van der Waals surface area (Å²) in [5, 5.41) is 3.78. The van der Waals surface area contributed by atoms with Gasteiger partial charge in [0.1, 0.15) is 0 Å². The topological polar surface area (TPSA) is 15.3 Å². The molecule has 1 heterocycles. The van der Waals surface area contributed by atoms with Gasteiger partial charge in [-0.15, -0.1) is 0 Å². The fourth-order valence-electron chi connectivity index (χ4n) is 3.72. The van der Waals surface area contributed by atoms with Crippen LogP contribution in [0.2, 0.25) is 0 Å². The Kier molecular flexibility index (Phi) is 5.56. The Bertz CT molecular complexity index is 398. The Balaban J connectivity index is 1.48. The third kappa shape index (κ3) is 4.47. The lowest BCUT2D eigenvalue weighted by Crippen LogP contribution is -2.29. The van der Waals surface area contributed by atoms with Gasteiger partial charge in [-0.05, 0) is 43.4 Å². The molecule has 1 N–H and O–H groups in total. The molecule has 0 amide bonds. The van der Waals surface area contributed by atoms with Crippen LogP contribution in [0.3, 0.4) is 0 Å². The van der Waals surface area contributed by atoms with E-state index in [0.29, 0.717) is 0 Å². The summed E-state index contributed by atoms with van der Waals surface area (Å²) in [5.74, 6) is 0. The molecule has 1 aromatic carbocycles. The molecular weight excluding hydrogens is 256 g/mol. The summed E-state index contributed by atoms with van der Waals surface area (Å²) in [5.41, 5.74) is 2.84. The fraction of sp³-hybridized carbons (Fsp3) is 0.684. The predicted octanol–water partition coefficient (Wildman–Crippen LogP) is 4.49. The van der Waals surface area contributed by atoms with Gasteiger partial charge >= 0.3 is 0 Å². The summed E-state index contributed by atoms with van der Waals surface area (Å²) in [6, 6.07) is 9.97. The second-order valence-corrected chi connectivity index (χ2v) is 6.78. The van der Waals surface area contributed by atoms with Gasteiger partial charge in [-0.2, -0.15) is 0 Å². The SMILES string of the molecule is c1cc(N2CCCC2)ccc1CNC1CCCCCCC1. The molecule has 3 rings (SSSR count). The van der Waals surface area contributed by atoms with Crippen molar-refractivity contribution < 1.29 is 0 Å². The highest BCUT2D eigenvalue weighted by atomic mass is 15.1. The van der Waals surface area contributed by atoms with Crippen LogP contribution in [0.15, 0.2) is 24.3 Å². The van der Waals surface area contributed by atoms with Crippen LogP contribution in [0.1, 0.15) is 63.4 Å². The molecule has 0 spiro atoms. The van der Waals surface area contributed by atoms with Gasteiger partial charge < -0.3 is 10.2 Å². The van der Waals surface area contributed by atoms with Gasteiger partial charge in [0, 0.05) is 31.4 Å². The molecule has 116 valence electrons. The van der Waals surface area contributed by atoms with E-state index >= 15 is 0 Å². The largest absolute Gasteiger partial charge is 0.372 e. The van der Waals surface area contributed by atoms with Crippen LogP contribution in [0, 0.1) is 0 Å². The number of nitrogens with zero attached hydrogens (tertiary/aromatic N) is 1. The first-order valence-electron chi connectivity index (χ1n) is 8.99. The van der Waals surface area contributed by atoms with Crippen LogP contribution >= 0.6 is 0 Å². The Morgan fingerprint density at radius 2 is 1.43 bits per heavy atom. The maximum Gasteiger partial charge on any atom is 0.0366 e. The first kappa shape index (κ1) is 14.9. The summed E-state index contributed by atoms with van der Waals surface area (Å²) in [6.45, 7) is 3.50. The number of hydrogen-bond donors (Lipinski definition) is 1. The molecule has 21 heavy (non-hydrogen) atoms. The summed E-state index contributed by atoms with van der Waals surface area (Å²) >= 11 is 0. The molecule has 0 bridgehead atoms. The Morgan fingerprint density at radius 1 is 0.810 bits per heavy atom. The van der Waals surface area contributed by atoms with Crippen LogP contribution in [0.25, 0.3) is 0 Å². The first-order valence-corrected chi connectivity index (χ1v) is 8.99. The van der Waals surface area contributed by atoms with E-state index in [9.17, 15) is 0 Å². The zero-order valence-corrected chi connectivity index (χ0v) is 13.3. The molecule has 1 saturated heterocycles. The lowest BCUT2D eigenvalue weighted by atomic mass is 9.96. The van der Waals surface area contributed by atoms with Crippen molar-refractivity contribution in [3.05, 3.63) is 29.8 Å². The van der Waals surface area contributed by atoms with E-state index in [2.05, 4.69) is 34.5 Å². The molecular formula is C19H30N2. The van der Waals surface area contributed by atoms with Gasteiger partial charge in [0.05, 0.1) is 0 Å². The van der Waals surface area contributed by atoms with Crippen molar-refractivity contribution in [1.82, 2.24) is 5.32 Å². The Hall–Kier alpha value is -1.02. The van der Waals surface area contributed by atoms with Crippen molar-refractivity contribution >= 4 is 5.69 Å². The van der Waals surface area contributed by atoms with E-state index < -0.39 is 0 Å². The van der Waals surface area contributed by atoms with Gasteiger partial charge in [-0.1, -0.05) is 44.2 Å². The molecule has 2 heteroatoms. The summed E-state index contributed by atoms with van der Waals surface area (Å²) in [4.78, 5) is 2.51. The van der Waals surface area contributed by atoms with Gasteiger partial charge in [-0.3, -0.25) is 0 Å². The number of anilines is 1. The molecule has 2 fully saturated rings. The van der Waals surface area contributed by atoms with Crippen molar-refractivity contribution in [2.45, 2.75) is 70.4 Å². The average molecular weight is 286 g/mol. The maximum absolute atomic E-state index is 3.78. The zero-order valence-electron chi connectivity index (χ0n) is 13.3. The van der Waals surface area contributed by atoms with E-state index in [0.717, 1.165) is 12.6 Å². The van der Waals surface area contributed by atoms with Crippen LogP contribution in [0.4, 0.5) is 5.69 Å². The third-order valence-electron chi connectivity index (χ3n) is 5.11. The second kappa shape index (κ2) is 7.84. The van der Waals surface area contributed by atoms with Crippen molar-refractivity contribution in [3.8, 4) is 0 Å². The third-order valence-corrected chi connectivity index (χ3v) is 5.11. The van der Waals surface area contributed by atoms with Gasteiger partial charge in [-0.25, -0.2) is 0 Å². The molecule has 1 aromatic rings. The first-order chi connectivity index (χ1) is 10.4. The highest BCUT2D eigenvalue weighted by Gasteiger charge is 2.13. The maximum atomic E-state index is 3.78. The number of nitrogens with one attached hydrogen (secondary N) is 1. The second-order valence-electron chi connectivity index (χ2n) is 6.78. The quantitative estimate of drug-likeness (QED) is 0.877.